The summed E-state index contributed by atoms with van der Waals surface area (Å²) in [6.07, 6.45) is 12.8. The van der Waals surface area contributed by atoms with Gasteiger partial charge in [-0.25, -0.2) is 5.48 Å². The lowest BCUT2D eigenvalue weighted by Gasteiger charge is -2.03. The standard InChI is InChI=1S/C15H27NO2/c1-4-5-6-7-8-9-10-11-12-13-18-16-15(17)14(2)3/h9-10H,2,4-8,11-13H2,1,3H3,(H,16,17)/b10-9+. The highest BCUT2D eigenvalue weighted by atomic mass is 16.6. The van der Waals surface area contributed by atoms with E-state index in [1.807, 2.05) is 0 Å². The van der Waals surface area contributed by atoms with E-state index in [1.54, 1.807) is 6.92 Å². The maximum atomic E-state index is 11.1. The summed E-state index contributed by atoms with van der Waals surface area (Å²) in [5.74, 6) is -0.249. The average molecular weight is 253 g/mol. The van der Waals surface area contributed by atoms with Crippen LogP contribution >= 0.6 is 0 Å². The molecule has 0 aromatic heterocycles. The number of hydrogen-bond acceptors (Lipinski definition) is 2. The number of rotatable bonds is 11. The first-order valence-corrected chi connectivity index (χ1v) is 6.91. The van der Waals surface area contributed by atoms with Crippen molar-refractivity contribution in [2.45, 2.75) is 58.8 Å². The Morgan fingerprint density at radius 2 is 1.83 bits per heavy atom. The Morgan fingerprint density at radius 1 is 1.17 bits per heavy atom. The average Bonchev–Trinajstić information content (AvgIpc) is 2.35. The van der Waals surface area contributed by atoms with Crippen LogP contribution in [-0.2, 0) is 9.63 Å². The maximum Gasteiger partial charge on any atom is 0.269 e. The van der Waals surface area contributed by atoms with E-state index in [4.69, 9.17) is 4.84 Å². The van der Waals surface area contributed by atoms with Gasteiger partial charge in [0.05, 0.1) is 6.61 Å². The molecule has 1 amide bonds. The minimum atomic E-state index is -0.249. The van der Waals surface area contributed by atoms with Crippen molar-refractivity contribution in [3.8, 4) is 0 Å². The molecule has 0 saturated carbocycles. The third kappa shape index (κ3) is 11.4. The van der Waals surface area contributed by atoms with Gasteiger partial charge in [-0.3, -0.25) is 9.63 Å². The normalized spacial score (nSPS) is 10.8. The molecule has 0 saturated heterocycles. The zero-order chi connectivity index (χ0) is 13.6. The van der Waals surface area contributed by atoms with E-state index in [0.29, 0.717) is 12.2 Å². The Morgan fingerprint density at radius 3 is 2.44 bits per heavy atom. The summed E-state index contributed by atoms with van der Waals surface area (Å²) in [4.78, 5) is 16.1. The fourth-order valence-corrected chi connectivity index (χ4v) is 1.40. The summed E-state index contributed by atoms with van der Waals surface area (Å²) in [6.45, 7) is 7.94. The summed E-state index contributed by atoms with van der Waals surface area (Å²) < 4.78 is 0. The number of nitrogens with one attached hydrogen (secondary N) is 1. The van der Waals surface area contributed by atoms with E-state index in [0.717, 1.165) is 12.8 Å². The van der Waals surface area contributed by atoms with Crippen molar-refractivity contribution < 1.29 is 9.63 Å². The molecular formula is C15H27NO2. The fraction of sp³-hybridized carbons (Fsp3) is 0.667. The summed E-state index contributed by atoms with van der Waals surface area (Å²) in [5, 5.41) is 0. The van der Waals surface area contributed by atoms with E-state index in [-0.39, 0.29) is 5.91 Å². The van der Waals surface area contributed by atoms with E-state index in [2.05, 4.69) is 31.1 Å². The highest BCUT2D eigenvalue weighted by molar-refractivity contribution is 5.91. The molecule has 0 fully saturated rings. The van der Waals surface area contributed by atoms with Gasteiger partial charge >= 0.3 is 0 Å². The predicted octanol–water partition coefficient (Wildman–Crippen LogP) is 3.92. The summed E-state index contributed by atoms with van der Waals surface area (Å²) in [6, 6.07) is 0. The number of allylic oxidation sites excluding steroid dienone is 2. The molecule has 0 spiro atoms. The van der Waals surface area contributed by atoms with Gasteiger partial charge in [0.15, 0.2) is 0 Å². The fourth-order valence-electron chi connectivity index (χ4n) is 1.40. The number of carbonyl (C=O) groups is 1. The van der Waals surface area contributed by atoms with Gasteiger partial charge in [0.2, 0.25) is 0 Å². The third-order valence-electron chi connectivity index (χ3n) is 2.56. The van der Waals surface area contributed by atoms with Crippen LogP contribution in [0.3, 0.4) is 0 Å². The topological polar surface area (TPSA) is 38.3 Å². The Hall–Kier alpha value is -1.09. The van der Waals surface area contributed by atoms with Crippen molar-refractivity contribution in [3.63, 3.8) is 0 Å². The van der Waals surface area contributed by atoms with Gasteiger partial charge in [-0.1, -0.05) is 44.9 Å². The molecule has 0 heterocycles. The van der Waals surface area contributed by atoms with E-state index < -0.39 is 0 Å². The van der Waals surface area contributed by atoms with Gasteiger partial charge in [0, 0.05) is 5.57 Å². The lowest BCUT2D eigenvalue weighted by Crippen LogP contribution is -2.24. The molecule has 0 bridgehead atoms. The zero-order valence-electron chi connectivity index (χ0n) is 11.8. The third-order valence-corrected chi connectivity index (χ3v) is 2.56. The quantitative estimate of drug-likeness (QED) is 0.262. The van der Waals surface area contributed by atoms with Gasteiger partial charge in [-0.2, -0.15) is 0 Å². The molecule has 0 radical (unpaired) electrons. The van der Waals surface area contributed by atoms with Crippen LogP contribution in [0, 0.1) is 0 Å². The zero-order valence-corrected chi connectivity index (χ0v) is 11.8. The number of hydroxylamine groups is 1. The number of hydrogen-bond donors (Lipinski definition) is 1. The van der Waals surface area contributed by atoms with Crippen molar-refractivity contribution >= 4 is 5.91 Å². The second-order valence-electron chi connectivity index (χ2n) is 4.52. The smallest absolute Gasteiger partial charge is 0.269 e. The molecule has 0 aliphatic carbocycles. The lowest BCUT2D eigenvalue weighted by atomic mass is 10.1. The maximum absolute atomic E-state index is 11.1. The summed E-state index contributed by atoms with van der Waals surface area (Å²) in [5.41, 5.74) is 2.80. The molecule has 3 nitrogen and oxygen atoms in total. The summed E-state index contributed by atoms with van der Waals surface area (Å²) >= 11 is 0. The second-order valence-corrected chi connectivity index (χ2v) is 4.52. The van der Waals surface area contributed by atoms with Crippen LogP contribution in [0.25, 0.3) is 0 Å². The van der Waals surface area contributed by atoms with Crippen LogP contribution in [0.4, 0.5) is 0 Å². The Balaban J connectivity index is 3.22. The van der Waals surface area contributed by atoms with Crippen LogP contribution in [0.1, 0.15) is 58.8 Å². The molecule has 0 aromatic rings. The highest BCUT2D eigenvalue weighted by Gasteiger charge is 1.99. The SMILES string of the molecule is C=C(C)C(=O)NOCCC/C=C/CCCCCC. The first-order valence-electron chi connectivity index (χ1n) is 6.91. The van der Waals surface area contributed by atoms with Crippen molar-refractivity contribution in [3.05, 3.63) is 24.3 Å². The number of unbranched alkanes of at least 4 members (excludes halogenated alkanes) is 5. The van der Waals surface area contributed by atoms with E-state index in [9.17, 15) is 4.79 Å². The van der Waals surface area contributed by atoms with Gasteiger partial charge in [-0.15, -0.1) is 0 Å². The Labute approximate surface area is 111 Å². The van der Waals surface area contributed by atoms with E-state index in [1.165, 1.54) is 32.1 Å². The lowest BCUT2D eigenvalue weighted by molar-refractivity contribution is -0.129. The van der Waals surface area contributed by atoms with Crippen LogP contribution < -0.4 is 5.48 Å². The Kier molecular flexibility index (Phi) is 11.6. The van der Waals surface area contributed by atoms with Crippen molar-refractivity contribution in [1.29, 1.82) is 0 Å². The van der Waals surface area contributed by atoms with Crippen molar-refractivity contribution in [2.24, 2.45) is 0 Å². The number of carbonyl (C=O) groups excluding carboxylic acids is 1. The minimum absolute atomic E-state index is 0.249. The molecule has 0 atom stereocenters. The molecule has 0 aliphatic rings. The van der Waals surface area contributed by atoms with E-state index >= 15 is 0 Å². The molecule has 104 valence electrons. The van der Waals surface area contributed by atoms with Gasteiger partial charge in [0.1, 0.15) is 0 Å². The van der Waals surface area contributed by atoms with Crippen LogP contribution in [0.15, 0.2) is 24.3 Å². The van der Waals surface area contributed by atoms with Crippen molar-refractivity contribution in [1.82, 2.24) is 5.48 Å². The molecule has 1 N–H and O–H groups in total. The van der Waals surface area contributed by atoms with Crippen LogP contribution in [-0.4, -0.2) is 12.5 Å². The highest BCUT2D eigenvalue weighted by Crippen LogP contribution is 2.03. The first kappa shape index (κ1) is 16.9. The molecular weight excluding hydrogens is 226 g/mol. The Bertz CT molecular complexity index is 259. The van der Waals surface area contributed by atoms with Gasteiger partial charge in [-0.05, 0) is 32.6 Å². The van der Waals surface area contributed by atoms with Gasteiger partial charge in [0.25, 0.3) is 5.91 Å². The molecule has 3 heteroatoms. The van der Waals surface area contributed by atoms with Gasteiger partial charge < -0.3 is 0 Å². The number of amides is 1. The predicted molar refractivity (Wildman–Crippen MR) is 76.0 cm³/mol. The first-order chi connectivity index (χ1) is 8.68. The largest absolute Gasteiger partial charge is 0.273 e. The van der Waals surface area contributed by atoms with Crippen LogP contribution in [0.2, 0.25) is 0 Å². The molecule has 0 aliphatic heterocycles. The van der Waals surface area contributed by atoms with Crippen LogP contribution in [0.5, 0.6) is 0 Å². The minimum Gasteiger partial charge on any atom is -0.273 e. The second kappa shape index (κ2) is 12.4. The molecule has 0 aromatic carbocycles. The monoisotopic (exact) mass is 253 g/mol. The molecule has 18 heavy (non-hydrogen) atoms. The molecule has 0 rings (SSSR count). The van der Waals surface area contributed by atoms with Crippen molar-refractivity contribution in [2.75, 3.05) is 6.61 Å². The molecule has 0 unspecified atom stereocenters. The summed E-state index contributed by atoms with van der Waals surface area (Å²) in [7, 11) is 0.